The van der Waals surface area contributed by atoms with E-state index in [1.165, 1.54) is 0 Å². The average Bonchev–Trinajstić information content (AvgIpc) is 2.44. The maximum atomic E-state index is 12.5. The molecule has 0 aromatic heterocycles. The summed E-state index contributed by atoms with van der Waals surface area (Å²) < 4.78 is 5.46. The number of nitrogens with one attached hydrogen (secondary N) is 1. The quantitative estimate of drug-likeness (QED) is 0.842. The van der Waals surface area contributed by atoms with Gasteiger partial charge in [0.1, 0.15) is 11.3 Å². The Hall–Kier alpha value is -2.20. The van der Waals surface area contributed by atoms with Crippen molar-refractivity contribution in [3.8, 4) is 5.75 Å². The molecular formula is C16H17ClN2O2. The number of rotatable bonds is 4. The molecule has 4 nitrogen and oxygen atoms in total. The third-order valence-electron chi connectivity index (χ3n) is 3.10. The molecule has 0 radical (unpaired) electrons. The Morgan fingerprint density at radius 1 is 1.29 bits per heavy atom. The second kappa shape index (κ2) is 6.50. The van der Waals surface area contributed by atoms with Gasteiger partial charge < -0.3 is 15.8 Å². The highest BCUT2D eigenvalue weighted by molar-refractivity contribution is 6.31. The number of ether oxygens (including phenoxy) is 1. The number of hydrogen-bond donors (Lipinski definition) is 2. The van der Waals surface area contributed by atoms with Gasteiger partial charge in [0.05, 0.1) is 6.61 Å². The van der Waals surface area contributed by atoms with Crippen LogP contribution in [0.25, 0.3) is 0 Å². The molecule has 110 valence electrons. The molecule has 1 amide bonds. The first-order valence-electron chi connectivity index (χ1n) is 6.62. The number of nitrogen functional groups attached to an aromatic ring is 1. The first-order chi connectivity index (χ1) is 10.0. The Bertz CT molecular complexity index is 671. The maximum absolute atomic E-state index is 12.5. The Balaban J connectivity index is 2.35. The molecule has 2 rings (SSSR count). The van der Waals surface area contributed by atoms with Crippen LogP contribution in [0.15, 0.2) is 36.4 Å². The largest absolute Gasteiger partial charge is 0.493 e. The van der Waals surface area contributed by atoms with E-state index in [2.05, 4.69) is 5.32 Å². The fourth-order valence-electron chi connectivity index (χ4n) is 1.99. The Morgan fingerprint density at radius 3 is 2.71 bits per heavy atom. The lowest BCUT2D eigenvalue weighted by Gasteiger charge is -2.14. The molecule has 21 heavy (non-hydrogen) atoms. The minimum atomic E-state index is -0.318. The molecule has 5 heteroatoms. The van der Waals surface area contributed by atoms with Crippen LogP contribution in [0.1, 0.15) is 22.8 Å². The lowest BCUT2D eigenvalue weighted by Crippen LogP contribution is -2.16. The number of amides is 1. The fraction of sp³-hybridized carbons (Fsp3) is 0.188. The van der Waals surface area contributed by atoms with Crippen LogP contribution in [0.4, 0.5) is 11.4 Å². The van der Waals surface area contributed by atoms with E-state index in [9.17, 15) is 4.79 Å². The lowest BCUT2D eigenvalue weighted by atomic mass is 10.1. The average molecular weight is 305 g/mol. The van der Waals surface area contributed by atoms with Gasteiger partial charge in [0, 0.05) is 16.4 Å². The summed E-state index contributed by atoms with van der Waals surface area (Å²) in [5.41, 5.74) is 8.07. The van der Waals surface area contributed by atoms with Gasteiger partial charge in [0.2, 0.25) is 0 Å². The zero-order valence-electron chi connectivity index (χ0n) is 11.9. The van der Waals surface area contributed by atoms with Gasteiger partial charge >= 0.3 is 0 Å². The minimum absolute atomic E-state index is 0.318. The van der Waals surface area contributed by atoms with E-state index in [4.69, 9.17) is 22.1 Å². The SMILES string of the molecule is CCOc1cccc(N)c1C(=O)Nc1cccc(Cl)c1C. The topological polar surface area (TPSA) is 64.3 Å². The smallest absolute Gasteiger partial charge is 0.261 e. The second-order valence-corrected chi connectivity index (χ2v) is 4.93. The number of halogens is 1. The van der Waals surface area contributed by atoms with E-state index in [-0.39, 0.29) is 5.91 Å². The number of hydrogen-bond acceptors (Lipinski definition) is 3. The van der Waals surface area contributed by atoms with Crippen LogP contribution in [0.2, 0.25) is 5.02 Å². The normalized spacial score (nSPS) is 10.2. The summed E-state index contributed by atoms with van der Waals surface area (Å²) in [5, 5.41) is 3.42. The van der Waals surface area contributed by atoms with E-state index in [1.807, 2.05) is 13.8 Å². The Morgan fingerprint density at radius 2 is 2.00 bits per heavy atom. The number of nitrogens with two attached hydrogens (primary N) is 1. The van der Waals surface area contributed by atoms with E-state index in [0.717, 1.165) is 5.56 Å². The lowest BCUT2D eigenvalue weighted by molar-refractivity contribution is 0.102. The third kappa shape index (κ3) is 3.28. The first-order valence-corrected chi connectivity index (χ1v) is 7.00. The van der Waals surface area contributed by atoms with Crippen molar-refractivity contribution in [3.63, 3.8) is 0 Å². The highest BCUT2D eigenvalue weighted by Gasteiger charge is 2.17. The zero-order chi connectivity index (χ0) is 15.4. The van der Waals surface area contributed by atoms with Gasteiger partial charge in [0.25, 0.3) is 5.91 Å². The molecule has 0 saturated carbocycles. The number of benzene rings is 2. The first kappa shape index (κ1) is 15.2. The molecule has 0 aliphatic carbocycles. The molecule has 0 unspecified atom stereocenters. The highest BCUT2D eigenvalue weighted by Crippen LogP contribution is 2.28. The monoisotopic (exact) mass is 304 g/mol. The van der Waals surface area contributed by atoms with Crippen LogP contribution in [0.3, 0.4) is 0 Å². The van der Waals surface area contributed by atoms with E-state index in [0.29, 0.717) is 34.3 Å². The molecule has 2 aromatic carbocycles. The summed E-state index contributed by atoms with van der Waals surface area (Å²) in [6.45, 7) is 4.15. The van der Waals surface area contributed by atoms with Crippen molar-refractivity contribution in [1.82, 2.24) is 0 Å². The van der Waals surface area contributed by atoms with Crippen LogP contribution < -0.4 is 15.8 Å². The summed E-state index contributed by atoms with van der Waals surface area (Å²) in [4.78, 5) is 12.5. The van der Waals surface area contributed by atoms with Crippen LogP contribution in [0.5, 0.6) is 5.75 Å². The molecule has 0 spiro atoms. The number of anilines is 2. The Labute approximate surface area is 128 Å². The van der Waals surface area contributed by atoms with Crippen molar-refractivity contribution in [2.75, 3.05) is 17.7 Å². The van der Waals surface area contributed by atoms with Crippen LogP contribution in [0, 0.1) is 6.92 Å². The molecule has 2 aromatic rings. The molecule has 0 bridgehead atoms. The van der Waals surface area contributed by atoms with Crippen molar-refractivity contribution in [3.05, 3.63) is 52.5 Å². The predicted molar refractivity (Wildman–Crippen MR) is 86.2 cm³/mol. The van der Waals surface area contributed by atoms with E-state index >= 15 is 0 Å². The van der Waals surface area contributed by atoms with Crippen molar-refractivity contribution >= 4 is 28.9 Å². The molecule has 0 aliphatic rings. The van der Waals surface area contributed by atoms with Gasteiger partial charge in [-0.05, 0) is 43.7 Å². The minimum Gasteiger partial charge on any atom is -0.493 e. The molecule has 3 N–H and O–H groups in total. The molecule has 0 aliphatic heterocycles. The molecule has 0 atom stereocenters. The van der Waals surface area contributed by atoms with E-state index < -0.39 is 0 Å². The number of carbonyl (C=O) groups is 1. The van der Waals surface area contributed by atoms with Gasteiger partial charge in [0.15, 0.2) is 0 Å². The summed E-state index contributed by atoms with van der Waals surface area (Å²) in [5.74, 6) is 0.150. The van der Waals surface area contributed by atoms with Crippen LogP contribution in [-0.2, 0) is 0 Å². The van der Waals surface area contributed by atoms with Crippen molar-refractivity contribution in [2.45, 2.75) is 13.8 Å². The summed E-state index contributed by atoms with van der Waals surface area (Å²) in [6.07, 6.45) is 0. The Kier molecular flexibility index (Phi) is 4.70. The van der Waals surface area contributed by atoms with Crippen LogP contribution in [-0.4, -0.2) is 12.5 Å². The third-order valence-corrected chi connectivity index (χ3v) is 3.51. The molecule has 0 heterocycles. The second-order valence-electron chi connectivity index (χ2n) is 4.52. The summed E-state index contributed by atoms with van der Waals surface area (Å²) in [6, 6.07) is 10.5. The molecular weight excluding hydrogens is 288 g/mol. The van der Waals surface area contributed by atoms with Gasteiger partial charge in [-0.3, -0.25) is 4.79 Å². The van der Waals surface area contributed by atoms with Gasteiger partial charge in [-0.15, -0.1) is 0 Å². The van der Waals surface area contributed by atoms with Crippen molar-refractivity contribution in [2.24, 2.45) is 0 Å². The van der Waals surface area contributed by atoms with Crippen molar-refractivity contribution in [1.29, 1.82) is 0 Å². The van der Waals surface area contributed by atoms with Gasteiger partial charge in [-0.2, -0.15) is 0 Å². The number of carbonyl (C=O) groups excluding carboxylic acids is 1. The molecule has 0 fully saturated rings. The van der Waals surface area contributed by atoms with Crippen LogP contribution >= 0.6 is 11.6 Å². The van der Waals surface area contributed by atoms with Gasteiger partial charge in [-0.25, -0.2) is 0 Å². The predicted octanol–water partition coefficient (Wildman–Crippen LogP) is 3.88. The summed E-state index contributed by atoms with van der Waals surface area (Å²) in [7, 11) is 0. The molecule has 0 saturated heterocycles. The standard InChI is InChI=1S/C16H17ClN2O2/c1-3-21-14-9-5-7-12(18)15(14)16(20)19-13-8-4-6-11(17)10(13)2/h4-9H,3,18H2,1-2H3,(H,19,20). The maximum Gasteiger partial charge on any atom is 0.261 e. The fourth-order valence-corrected chi connectivity index (χ4v) is 2.17. The van der Waals surface area contributed by atoms with E-state index in [1.54, 1.807) is 36.4 Å². The summed E-state index contributed by atoms with van der Waals surface area (Å²) >= 11 is 6.05. The highest BCUT2D eigenvalue weighted by atomic mass is 35.5. The van der Waals surface area contributed by atoms with Crippen molar-refractivity contribution < 1.29 is 9.53 Å². The van der Waals surface area contributed by atoms with Gasteiger partial charge in [-0.1, -0.05) is 23.7 Å². The zero-order valence-corrected chi connectivity index (χ0v) is 12.7.